The molecule has 6 nitrogen and oxygen atoms in total. The number of nitrogens with one attached hydrogen (secondary N) is 1. The summed E-state index contributed by atoms with van der Waals surface area (Å²) in [6.45, 7) is 11.0. The van der Waals surface area contributed by atoms with Gasteiger partial charge in [0, 0.05) is 59.0 Å². The molecule has 2 aliphatic rings. The summed E-state index contributed by atoms with van der Waals surface area (Å²) in [4.78, 5) is 9.83. The van der Waals surface area contributed by atoms with Crippen LogP contribution in [0.4, 0.5) is 0 Å². The third-order valence-corrected chi connectivity index (χ3v) is 4.63. The molecule has 1 N–H and O–H groups in total. The van der Waals surface area contributed by atoms with Crippen LogP contribution in [0.15, 0.2) is 4.99 Å². The van der Waals surface area contributed by atoms with Crippen molar-refractivity contribution < 1.29 is 9.47 Å². The molecule has 2 saturated heterocycles. The van der Waals surface area contributed by atoms with Gasteiger partial charge in [-0.3, -0.25) is 9.89 Å². The van der Waals surface area contributed by atoms with E-state index in [0.29, 0.717) is 6.04 Å². The summed E-state index contributed by atoms with van der Waals surface area (Å²) < 4.78 is 10.6. The number of rotatable bonds is 8. The van der Waals surface area contributed by atoms with Crippen LogP contribution in [0.1, 0.15) is 32.6 Å². The highest BCUT2D eigenvalue weighted by molar-refractivity contribution is 5.80. The van der Waals surface area contributed by atoms with Crippen LogP contribution in [0.25, 0.3) is 0 Å². The largest absolute Gasteiger partial charge is 0.385 e. The van der Waals surface area contributed by atoms with Crippen molar-refractivity contribution in [2.45, 2.75) is 38.6 Å². The number of aliphatic imine (C=N–C) groups is 1. The molecule has 1 unspecified atom stereocenters. The van der Waals surface area contributed by atoms with E-state index >= 15 is 0 Å². The Morgan fingerprint density at radius 2 is 2.04 bits per heavy atom. The number of ether oxygens (including phenoxy) is 2. The molecule has 0 aromatic heterocycles. The minimum atomic E-state index is 0.657. The van der Waals surface area contributed by atoms with Crippen molar-refractivity contribution in [3.05, 3.63) is 0 Å². The van der Waals surface area contributed by atoms with Crippen molar-refractivity contribution in [2.75, 3.05) is 66.2 Å². The number of morpholine rings is 1. The summed E-state index contributed by atoms with van der Waals surface area (Å²) in [6.07, 6.45) is 4.69. The number of unbranched alkanes of at least 4 members (excludes halogenated alkanes) is 2. The van der Waals surface area contributed by atoms with Gasteiger partial charge in [-0.1, -0.05) is 0 Å². The van der Waals surface area contributed by atoms with Gasteiger partial charge in [-0.15, -0.1) is 0 Å². The molecule has 0 radical (unpaired) electrons. The van der Waals surface area contributed by atoms with E-state index in [0.717, 1.165) is 77.9 Å². The zero-order valence-electron chi connectivity index (χ0n) is 14.9. The normalized spacial score (nSPS) is 23.5. The molecule has 0 bridgehead atoms. The van der Waals surface area contributed by atoms with Gasteiger partial charge in [0.05, 0.1) is 13.2 Å². The van der Waals surface area contributed by atoms with E-state index in [2.05, 4.69) is 22.0 Å². The predicted molar refractivity (Wildman–Crippen MR) is 94.1 cm³/mol. The molecule has 0 amide bonds. The topological polar surface area (TPSA) is 49.3 Å². The minimum Gasteiger partial charge on any atom is -0.385 e. The molecule has 2 heterocycles. The van der Waals surface area contributed by atoms with Crippen LogP contribution in [-0.2, 0) is 9.47 Å². The molecule has 2 aliphatic heterocycles. The van der Waals surface area contributed by atoms with Crippen molar-refractivity contribution >= 4 is 5.96 Å². The molecule has 0 aromatic carbocycles. The highest BCUT2D eigenvalue weighted by atomic mass is 16.5. The number of likely N-dealkylation sites (tertiary alicyclic amines) is 1. The van der Waals surface area contributed by atoms with Crippen LogP contribution in [0.2, 0.25) is 0 Å². The fourth-order valence-corrected chi connectivity index (χ4v) is 3.32. The summed E-state index contributed by atoms with van der Waals surface area (Å²) in [5.41, 5.74) is 0. The van der Waals surface area contributed by atoms with Crippen LogP contribution in [0, 0.1) is 0 Å². The molecule has 0 aromatic rings. The maximum Gasteiger partial charge on any atom is 0.193 e. The third-order valence-electron chi connectivity index (χ3n) is 4.63. The van der Waals surface area contributed by atoms with E-state index in [1.807, 2.05) is 0 Å². The van der Waals surface area contributed by atoms with Gasteiger partial charge in [-0.05, 0) is 32.6 Å². The minimum absolute atomic E-state index is 0.657. The number of guanidine groups is 1. The second-order valence-corrected chi connectivity index (χ2v) is 6.33. The van der Waals surface area contributed by atoms with Crippen LogP contribution in [0.3, 0.4) is 0 Å². The van der Waals surface area contributed by atoms with Gasteiger partial charge < -0.3 is 19.7 Å². The zero-order chi connectivity index (χ0) is 16.3. The lowest BCUT2D eigenvalue weighted by Gasteiger charge is -2.32. The first-order valence-electron chi connectivity index (χ1n) is 9.19. The quantitative estimate of drug-likeness (QED) is 0.412. The molecular weight excluding hydrogens is 292 g/mol. The first-order valence-corrected chi connectivity index (χ1v) is 9.19. The highest BCUT2D eigenvalue weighted by Crippen LogP contribution is 2.17. The van der Waals surface area contributed by atoms with Crippen LogP contribution < -0.4 is 5.32 Å². The maximum absolute atomic E-state index is 5.47. The van der Waals surface area contributed by atoms with E-state index in [1.54, 1.807) is 7.11 Å². The Hall–Kier alpha value is -0.850. The Kier molecular flexibility index (Phi) is 8.71. The van der Waals surface area contributed by atoms with E-state index in [4.69, 9.17) is 14.5 Å². The molecule has 1 atom stereocenters. The zero-order valence-corrected chi connectivity index (χ0v) is 14.9. The lowest BCUT2D eigenvalue weighted by Crippen LogP contribution is -2.46. The van der Waals surface area contributed by atoms with Crippen LogP contribution >= 0.6 is 0 Å². The molecule has 23 heavy (non-hydrogen) atoms. The van der Waals surface area contributed by atoms with Gasteiger partial charge in [-0.2, -0.15) is 0 Å². The lowest BCUT2D eigenvalue weighted by atomic mass is 10.2. The van der Waals surface area contributed by atoms with Gasteiger partial charge in [0.25, 0.3) is 0 Å². The van der Waals surface area contributed by atoms with Crippen molar-refractivity contribution in [2.24, 2.45) is 4.99 Å². The molecule has 134 valence electrons. The van der Waals surface area contributed by atoms with Crippen molar-refractivity contribution in [3.63, 3.8) is 0 Å². The highest BCUT2D eigenvalue weighted by Gasteiger charge is 2.30. The maximum atomic E-state index is 5.47. The first-order chi connectivity index (χ1) is 11.3. The summed E-state index contributed by atoms with van der Waals surface area (Å²) >= 11 is 0. The molecular formula is C17H34N4O2. The number of methoxy groups -OCH3 is 1. The summed E-state index contributed by atoms with van der Waals surface area (Å²) in [7, 11) is 1.76. The Bertz CT molecular complexity index is 345. The molecule has 0 aliphatic carbocycles. The average Bonchev–Trinajstić information content (AvgIpc) is 3.08. The van der Waals surface area contributed by atoms with Crippen molar-refractivity contribution in [1.82, 2.24) is 15.1 Å². The lowest BCUT2D eigenvalue weighted by molar-refractivity contribution is 0.0195. The second-order valence-electron chi connectivity index (χ2n) is 6.33. The number of nitrogens with zero attached hydrogens (tertiary/aromatic N) is 3. The molecule has 0 spiro atoms. The fraction of sp³-hybridized carbons (Fsp3) is 0.941. The monoisotopic (exact) mass is 326 g/mol. The standard InChI is InChI=1S/C17H34N4O2/c1-3-18-17(19-8-5-4-6-12-22-2)21-9-7-16(15-21)20-10-13-23-14-11-20/h16H,3-15H2,1-2H3,(H,18,19). The van der Waals surface area contributed by atoms with E-state index in [1.165, 1.54) is 12.8 Å². The second kappa shape index (κ2) is 10.8. The Morgan fingerprint density at radius 3 is 2.78 bits per heavy atom. The van der Waals surface area contributed by atoms with Crippen LogP contribution in [0.5, 0.6) is 0 Å². The van der Waals surface area contributed by atoms with Crippen molar-refractivity contribution in [1.29, 1.82) is 0 Å². The summed E-state index contributed by atoms with van der Waals surface area (Å²) in [5, 5.41) is 3.46. The van der Waals surface area contributed by atoms with E-state index in [-0.39, 0.29) is 0 Å². The van der Waals surface area contributed by atoms with Gasteiger partial charge in [-0.25, -0.2) is 0 Å². The van der Waals surface area contributed by atoms with Gasteiger partial charge in [0.1, 0.15) is 0 Å². The van der Waals surface area contributed by atoms with Crippen LogP contribution in [-0.4, -0.2) is 88.0 Å². The number of hydrogen-bond acceptors (Lipinski definition) is 4. The Labute approximate surface area is 141 Å². The van der Waals surface area contributed by atoms with Crippen molar-refractivity contribution in [3.8, 4) is 0 Å². The van der Waals surface area contributed by atoms with Gasteiger partial charge in [0.15, 0.2) is 5.96 Å². The molecule has 2 fully saturated rings. The smallest absolute Gasteiger partial charge is 0.193 e. The average molecular weight is 326 g/mol. The first kappa shape index (κ1) is 18.5. The number of hydrogen-bond donors (Lipinski definition) is 1. The van der Waals surface area contributed by atoms with E-state index < -0.39 is 0 Å². The molecule has 2 rings (SSSR count). The molecule has 6 heteroatoms. The Balaban J connectivity index is 1.76. The van der Waals surface area contributed by atoms with Gasteiger partial charge in [0.2, 0.25) is 0 Å². The van der Waals surface area contributed by atoms with Gasteiger partial charge >= 0.3 is 0 Å². The third kappa shape index (κ3) is 6.28. The fourth-order valence-electron chi connectivity index (χ4n) is 3.32. The summed E-state index contributed by atoms with van der Waals surface area (Å²) in [5.74, 6) is 1.09. The Morgan fingerprint density at radius 1 is 1.22 bits per heavy atom. The SMILES string of the molecule is CCNC(=NCCCCCOC)N1CCC(N2CCOCC2)C1. The van der Waals surface area contributed by atoms with E-state index in [9.17, 15) is 0 Å². The molecule has 0 saturated carbocycles. The predicted octanol–water partition coefficient (Wildman–Crippen LogP) is 1.18. The summed E-state index contributed by atoms with van der Waals surface area (Å²) in [6, 6.07) is 0.657.